The number of pyridine rings is 1. The Balaban J connectivity index is 2.27. The largest absolute Gasteiger partial charge is 0.455 e. The van der Waals surface area contributed by atoms with E-state index in [2.05, 4.69) is 4.98 Å². The summed E-state index contributed by atoms with van der Waals surface area (Å²) in [6, 6.07) is 9.26. The summed E-state index contributed by atoms with van der Waals surface area (Å²) in [5.74, 6) is -0.636. The second kappa shape index (κ2) is 5.88. The highest BCUT2D eigenvalue weighted by Crippen LogP contribution is 2.25. The Kier molecular flexibility index (Phi) is 3.99. The number of carbonyl (C=O) groups excluding carboxylic acids is 2. The molecule has 0 bridgehead atoms. The summed E-state index contributed by atoms with van der Waals surface area (Å²) >= 11 is 0. The molecule has 3 rings (SSSR count). The van der Waals surface area contributed by atoms with E-state index in [-0.39, 0.29) is 11.6 Å². The molecule has 0 saturated carbocycles. The summed E-state index contributed by atoms with van der Waals surface area (Å²) in [6.07, 6.45) is 1.58. The standard InChI is InChI=1S/C19H21N3O3/c1-19(2,3)25-18(24)16-15-10-13(17(23)21(4)5)12-8-6-7-9-14(12)22(15)11-20-16/h6-11H,1-5H3. The molecular formula is C19H21N3O3. The van der Waals surface area contributed by atoms with Crippen molar-refractivity contribution in [2.24, 2.45) is 0 Å². The average Bonchev–Trinajstić information content (AvgIpc) is 2.96. The minimum absolute atomic E-state index is 0.130. The Morgan fingerprint density at radius 3 is 2.44 bits per heavy atom. The number of hydrogen-bond acceptors (Lipinski definition) is 4. The molecule has 1 amide bonds. The second-order valence-electron chi connectivity index (χ2n) is 7.13. The lowest BCUT2D eigenvalue weighted by Gasteiger charge is -2.19. The van der Waals surface area contributed by atoms with Gasteiger partial charge in [-0.25, -0.2) is 9.78 Å². The molecule has 1 aromatic carbocycles. The summed E-state index contributed by atoms with van der Waals surface area (Å²) in [7, 11) is 3.40. The van der Waals surface area contributed by atoms with Crippen LogP contribution < -0.4 is 0 Å². The lowest BCUT2D eigenvalue weighted by atomic mass is 10.1. The van der Waals surface area contributed by atoms with E-state index < -0.39 is 11.6 Å². The van der Waals surface area contributed by atoms with E-state index in [1.807, 2.05) is 24.3 Å². The van der Waals surface area contributed by atoms with Crippen molar-refractivity contribution in [3.8, 4) is 0 Å². The van der Waals surface area contributed by atoms with E-state index in [4.69, 9.17) is 4.74 Å². The van der Waals surface area contributed by atoms with Crippen molar-refractivity contribution in [1.82, 2.24) is 14.3 Å². The fourth-order valence-corrected chi connectivity index (χ4v) is 2.72. The number of aromatic nitrogens is 2. The molecule has 0 atom stereocenters. The average molecular weight is 339 g/mol. The molecule has 0 aliphatic rings. The van der Waals surface area contributed by atoms with E-state index in [0.29, 0.717) is 11.1 Å². The molecule has 0 spiro atoms. The van der Waals surface area contributed by atoms with Gasteiger partial charge in [0.05, 0.1) is 16.6 Å². The van der Waals surface area contributed by atoms with Gasteiger partial charge < -0.3 is 9.64 Å². The number of para-hydroxylation sites is 1. The van der Waals surface area contributed by atoms with Gasteiger partial charge in [-0.05, 0) is 32.9 Å². The Morgan fingerprint density at radius 2 is 1.80 bits per heavy atom. The van der Waals surface area contributed by atoms with E-state index >= 15 is 0 Å². The van der Waals surface area contributed by atoms with Crippen LogP contribution in [0.2, 0.25) is 0 Å². The first kappa shape index (κ1) is 17.0. The van der Waals surface area contributed by atoms with Gasteiger partial charge in [0.25, 0.3) is 5.91 Å². The molecule has 0 fully saturated rings. The summed E-state index contributed by atoms with van der Waals surface area (Å²) in [6.45, 7) is 5.42. The van der Waals surface area contributed by atoms with Crippen LogP contribution >= 0.6 is 0 Å². The zero-order chi connectivity index (χ0) is 18.4. The zero-order valence-electron chi connectivity index (χ0n) is 15.0. The number of ether oxygens (including phenoxy) is 1. The third kappa shape index (κ3) is 3.07. The highest BCUT2D eigenvalue weighted by atomic mass is 16.6. The van der Waals surface area contributed by atoms with E-state index in [1.165, 1.54) is 4.90 Å². The Labute approximate surface area is 146 Å². The first-order valence-corrected chi connectivity index (χ1v) is 8.03. The number of amides is 1. The maximum atomic E-state index is 12.6. The van der Waals surface area contributed by atoms with Crippen molar-refractivity contribution in [3.63, 3.8) is 0 Å². The topological polar surface area (TPSA) is 63.9 Å². The monoisotopic (exact) mass is 339 g/mol. The summed E-state index contributed by atoms with van der Waals surface area (Å²) in [4.78, 5) is 30.9. The number of benzene rings is 1. The van der Waals surface area contributed by atoms with Gasteiger partial charge in [-0.1, -0.05) is 18.2 Å². The normalized spacial score (nSPS) is 11.7. The third-order valence-corrected chi connectivity index (χ3v) is 3.77. The van der Waals surface area contributed by atoms with E-state index in [1.54, 1.807) is 51.7 Å². The van der Waals surface area contributed by atoms with Gasteiger partial charge in [0.1, 0.15) is 11.9 Å². The fraction of sp³-hybridized carbons (Fsp3) is 0.316. The molecule has 0 saturated heterocycles. The molecule has 0 radical (unpaired) electrons. The predicted octanol–water partition coefficient (Wildman–Crippen LogP) is 3.14. The van der Waals surface area contributed by atoms with Gasteiger partial charge in [-0.15, -0.1) is 0 Å². The summed E-state index contributed by atoms with van der Waals surface area (Å²) in [5.41, 5.74) is 1.48. The smallest absolute Gasteiger partial charge is 0.359 e. The van der Waals surface area contributed by atoms with Gasteiger partial charge in [-0.2, -0.15) is 0 Å². The number of carbonyl (C=O) groups is 2. The van der Waals surface area contributed by atoms with Gasteiger partial charge in [-0.3, -0.25) is 9.20 Å². The zero-order valence-corrected chi connectivity index (χ0v) is 15.0. The molecule has 6 heteroatoms. The van der Waals surface area contributed by atoms with Crippen molar-refractivity contribution in [2.45, 2.75) is 26.4 Å². The number of hydrogen-bond donors (Lipinski definition) is 0. The van der Waals surface area contributed by atoms with Crippen LogP contribution in [-0.2, 0) is 4.74 Å². The van der Waals surface area contributed by atoms with Crippen LogP contribution in [0.15, 0.2) is 36.7 Å². The molecule has 0 aliphatic heterocycles. The van der Waals surface area contributed by atoms with Gasteiger partial charge >= 0.3 is 5.97 Å². The molecular weight excluding hydrogens is 318 g/mol. The lowest BCUT2D eigenvalue weighted by Crippen LogP contribution is -2.24. The Hall–Kier alpha value is -2.89. The maximum Gasteiger partial charge on any atom is 0.359 e. The molecule has 0 N–H and O–H groups in total. The minimum Gasteiger partial charge on any atom is -0.455 e. The van der Waals surface area contributed by atoms with Crippen LogP contribution in [0.25, 0.3) is 16.4 Å². The van der Waals surface area contributed by atoms with Crippen LogP contribution in [-0.4, -0.2) is 45.9 Å². The third-order valence-electron chi connectivity index (χ3n) is 3.77. The Morgan fingerprint density at radius 1 is 1.12 bits per heavy atom. The van der Waals surface area contributed by atoms with Crippen molar-refractivity contribution in [3.05, 3.63) is 47.9 Å². The number of rotatable bonds is 2. The number of imidazole rings is 1. The number of nitrogens with zero attached hydrogens (tertiary/aromatic N) is 3. The van der Waals surface area contributed by atoms with Crippen molar-refractivity contribution in [1.29, 1.82) is 0 Å². The Bertz CT molecular complexity index is 981. The molecule has 2 aromatic heterocycles. The van der Waals surface area contributed by atoms with Crippen LogP contribution in [0.5, 0.6) is 0 Å². The maximum absolute atomic E-state index is 12.6. The van der Waals surface area contributed by atoms with Crippen molar-refractivity contribution >= 4 is 28.3 Å². The molecule has 0 aliphatic carbocycles. The van der Waals surface area contributed by atoms with Crippen molar-refractivity contribution < 1.29 is 14.3 Å². The fourth-order valence-electron chi connectivity index (χ4n) is 2.72. The summed E-state index contributed by atoms with van der Waals surface area (Å²) in [5, 5.41) is 0.807. The molecule has 130 valence electrons. The summed E-state index contributed by atoms with van der Waals surface area (Å²) < 4.78 is 7.25. The molecule has 0 unspecified atom stereocenters. The minimum atomic E-state index is -0.619. The molecule has 3 aromatic rings. The van der Waals surface area contributed by atoms with Crippen LogP contribution in [0.1, 0.15) is 41.6 Å². The first-order chi connectivity index (χ1) is 11.7. The molecule has 2 heterocycles. The van der Waals surface area contributed by atoms with Crippen molar-refractivity contribution in [2.75, 3.05) is 14.1 Å². The molecule has 25 heavy (non-hydrogen) atoms. The van der Waals surface area contributed by atoms with Gasteiger partial charge in [0, 0.05) is 19.5 Å². The first-order valence-electron chi connectivity index (χ1n) is 8.03. The predicted molar refractivity (Wildman–Crippen MR) is 95.9 cm³/mol. The van der Waals surface area contributed by atoms with E-state index in [0.717, 1.165) is 10.9 Å². The SMILES string of the molecule is CN(C)C(=O)c1cc2c(C(=O)OC(C)(C)C)ncn2c2ccccc12. The van der Waals surface area contributed by atoms with Crippen LogP contribution in [0.3, 0.4) is 0 Å². The van der Waals surface area contributed by atoms with Gasteiger partial charge in [0.15, 0.2) is 5.69 Å². The van der Waals surface area contributed by atoms with E-state index in [9.17, 15) is 9.59 Å². The number of fused-ring (bicyclic) bond motifs is 3. The van der Waals surface area contributed by atoms with Crippen LogP contribution in [0.4, 0.5) is 0 Å². The number of esters is 1. The highest BCUT2D eigenvalue weighted by molar-refractivity contribution is 6.09. The van der Waals surface area contributed by atoms with Crippen LogP contribution in [0, 0.1) is 0 Å². The highest BCUT2D eigenvalue weighted by Gasteiger charge is 2.24. The lowest BCUT2D eigenvalue weighted by molar-refractivity contribution is 0.00656. The quantitative estimate of drug-likeness (QED) is 0.673. The second-order valence-corrected chi connectivity index (χ2v) is 7.13. The van der Waals surface area contributed by atoms with Gasteiger partial charge in [0.2, 0.25) is 0 Å². The molecule has 6 nitrogen and oxygen atoms in total.